The topological polar surface area (TPSA) is 69.0 Å². The Kier molecular flexibility index (Phi) is 6.77. The van der Waals surface area contributed by atoms with E-state index in [2.05, 4.69) is 65.9 Å². The molecule has 1 aromatic heterocycles. The van der Waals surface area contributed by atoms with E-state index >= 15 is 0 Å². The molecule has 3 aromatic rings. The van der Waals surface area contributed by atoms with Crippen LogP contribution in [-0.2, 0) is 29.1 Å². The Morgan fingerprint density at radius 2 is 1.84 bits per heavy atom. The first-order valence-electron chi connectivity index (χ1n) is 11.0. The van der Waals surface area contributed by atoms with E-state index in [1.165, 1.54) is 11.1 Å². The summed E-state index contributed by atoms with van der Waals surface area (Å²) in [6.07, 6.45) is 3.31. The van der Waals surface area contributed by atoms with Gasteiger partial charge in [0.15, 0.2) is 0 Å². The van der Waals surface area contributed by atoms with E-state index in [-0.39, 0.29) is 23.8 Å². The van der Waals surface area contributed by atoms with Gasteiger partial charge in [0.2, 0.25) is 5.91 Å². The Bertz CT molecular complexity index is 982. The molecule has 0 saturated heterocycles. The van der Waals surface area contributed by atoms with Crippen molar-refractivity contribution in [3.05, 3.63) is 72.1 Å². The number of hydrogen-bond acceptors (Lipinski definition) is 4. The SMILES string of the molecule is CC(C)[C@@H]1COCc2cn(nn2)CC[C@H](Cc2ccc(-c3ccccc3)cc2)C(=O)N1. The van der Waals surface area contributed by atoms with Gasteiger partial charge in [-0.1, -0.05) is 73.7 Å². The second-order valence-electron chi connectivity index (χ2n) is 8.60. The molecule has 0 aliphatic carbocycles. The normalized spacial score (nSPS) is 20.0. The van der Waals surface area contributed by atoms with Gasteiger partial charge in [-0.25, -0.2) is 0 Å². The Balaban J connectivity index is 1.51. The fourth-order valence-corrected chi connectivity index (χ4v) is 3.87. The summed E-state index contributed by atoms with van der Waals surface area (Å²) < 4.78 is 7.61. The molecule has 0 radical (unpaired) electrons. The van der Waals surface area contributed by atoms with Crippen molar-refractivity contribution in [1.82, 2.24) is 20.3 Å². The number of benzene rings is 2. The van der Waals surface area contributed by atoms with Crippen LogP contribution in [0, 0.1) is 11.8 Å². The molecular weight excluding hydrogens is 388 g/mol. The molecule has 2 heterocycles. The summed E-state index contributed by atoms with van der Waals surface area (Å²) >= 11 is 0. The minimum absolute atomic E-state index is 0.0232. The number of ether oxygens (including phenoxy) is 1. The zero-order valence-corrected chi connectivity index (χ0v) is 18.2. The first-order chi connectivity index (χ1) is 15.1. The molecule has 1 aliphatic heterocycles. The minimum Gasteiger partial charge on any atom is -0.373 e. The van der Waals surface area contributed by atoms with Crippen LogP contribution in [0.5, 0.6) is 0 Å². The van der Waals surface area contributed by atoms with Crippen molar-refractivity contribution in [3.8, 4) is 11.1 Å². The molecular formula is C25H30N4O2. The highest BCUT2D eigenvalue weighted by atomic mass is 16.5. The van der Waals surface area contributed by atoms with E-state index in [1.807, 2.05) is 24.4 Å². The number of aryl methyl sites for hydroxylation is 1. The van der Waals surface area contributed by atoms with Crippen LogP contribution in [0.1, 0.15) is 31.5 Å². The maximum Gasteiger partial charge on any atom is 0.223 e. The molecule has 6 nitrogen and oxygen atoms in total. The fourth-order valence-electron chi connectivity index (χ4n) is 3.87. The van der Waals surface area contributed by atoms with E-state index in [0.29, 0.717) is 32.6 Å². The first-order valence-corrected chi connectivity index (χ1v) is 11.0. The predicted octanol–water partition coefficient (Wildman–Crippen LogP) is 3.87. The lowest BCUT2D eigenvalue weighted by Crippen LogP contribution is -2.45. The minimum atomic E-state index is -0.143. The van der Waals surface area contributed by atoms with Gasteiger partial charge in [-0.05, 0) is 35.4 Å². The van der Waals surface area contributed by atoms with E-state index in [4.69, 9.17) is 4.74 Å². The molecule has 2 atom stereocenters. The van der Waals surface area contributed by atoms with Gasteiger partial charge in [-0.15, -0.1) is 5.10 Å². The zero-order chi connectivity index (χ0) is 21.6. The van der Waals surface area contributed by atoms with Crippen LogP contribution >= 0.6 is 0 Å². The lowest BCUT2D eigenvalue weighted by Gasteiger charge is -2.26. The third-order valence-electron chi connectivity index (χ3n) is 5.89. The molecule has 0 fully saturated rings. The summed E-state index contributed by atoms with van der Waals surface area (Å²) in [5.74, 6) is 0.222. The molecule has 4 rings (SSSR count). The number of carbonyl (C=O) groups excluding carboxylic acids is 1. The van der Waals surface area contributed by atoms with E-state index in [1.54, 1.807) is 4.68 Å². The van der Waals surface area contributed by atoms with Gasteiger partial charge in [0, 0.05) is 12.5 Å². The number of nitrogens with zero attached hydrogens (tertiary/aromatic N) is 3. The number of fused-ring (bicyclic) bond motifs is 2. The summed E-state index contributed by atoms with van der Waals surface area (Å²) in [5.41, 5.74) is 4.35. The predicted molar refractivity (Wildman–Crippen MR) is 120 cm³/mol. The van der Waals surface area contributed by atoms with Crippen molar-refractivity contribution in [1.29, 1.82) is 0 Å². The number of nitrogens with one attached hydrogen (secondary N) is 1. The van der Waals surface area contributed by atoms with Crippen LogP contribution in [0.3, 0.4) is 0 Å². The molecule has 162 valence electrons. The van der Waals surface area contributed by atoms with Gasteiger partial charge in [-0.3, -0.25) is 9.48 Å². The van der Waals surface area contributed by atoms with E-state index in [0.717, 1.165) is 11.3 Å². The molecule has 1 N–H and O–H groups in total. The summed E-state index contributed by atoms with van der Waals surface area (Å²) in [4.78, 5) is 13.2. The highest BCUT2D eigenvalue weighted by molar-refractivity contribution is 5.79. The van der Waals surface area contributed by atoms with Crippen molar-refractivity contribution in [3.63, 3.8) is 0 Å². The van der Waals surface area contributed by atoms with Crippen LogP contribution < -0.4 is 5.32 Å². The van der Waals surface area contributed by atoms with Crippen LogP contribution in [0.25, 0.3) is 11.1 Å². The monoisotopic (exact) mass is 418 g/mol. The largest absolute Gasteiger partial charge is 0.373 e. The summed E-state index contributed by atoms with van der Waals surface area (Å²) in [6.45, 7) is 5.74. The van der Waals surface area contributed by atoms with E-state index < -0.39 is 0 Å². The molecule has 31 heavy (non-hydrogen) atoms. The Morgan fingerprint density at radius 1 is 1.10 bits per heavy atom. The van der Waals surface area contributed by atoms with Crippen molar-refractivity contribution >= 4 is 5.91 Å². The van der Waals surface area contributed by atoms with Gasteiger partial charge in [-0.2, -0.15) is 0 Å². The van der Waals surface area contributed by atoms with Gasteiger partial charge >= 0.3 is 0 Å². The summed E-state index contributed by atoms with van der Waals surface area (Å²) in [7, 11) is 0. The smallest absolute Gasteiger partial charge is 0.223 e. The molecule has 1 aliphatic rings. The van der Waals surface area contributed by atoms with Gasteiger partial charge in [0.25, 0.3) is 0 Å². The average molecular weight is 419 g/mol. The Morgan fingerprint density at radius 3 is 2.58 bits per heavy atom. The lowest BCUT2D eigenvalue weighted by atomic mass is 9.93. The van der Waals surface area contributed by atoms with E-state index in [9.17, 15) is 4.79 Å². The fraction of sp³-hybridized carbons (Fsp3) is 0.400. The number of amides is 1. The summed E-state index contributed by atoms with van der Waals surface area (Å²) in [5, 5.41) is 11.6. The molecule has 2 aromatic carbocycles. The summed E-state index contributed by atoms with van der Waals surface area (Å²) in [6, 6.07) is 18.8. The number of carbonyl (C=O) groups is 1. The highest BCUT2D eigenvalue weighted by Crippen LogP contribution is 2.22. The molecule has 2 bridgehead atoms. The first kappa shape index (κ1) is 21.2. The van der Waals surface area contributed by atoms with Crippen molar-refractivity contribution < 1.29 is 9.53 Å². The van der Waals surface area contributed by atoms with Crippen LogP contribution in [0.4, 0.5) is 0 Å². The molecule has 0 unspecified atom stereocenters. The van der Waals surface area contributed by atoms with Crippen LogP contribution in [0.15, 0.2) is 60.8 Å². The number of rotatable bonds is 4. The van der Waals surface area contributed by atoms with Gasteiger partial charge in [0.05, 0.1) is 25.5 Å². The maximum absolute atomic E-state index is 13.2. The zero-order valence-electron chi connectivity index (χ0n) is 18.2. The van der Waals surface area contributed by atoms with Gasteiger partial charge in [0.1, 0.15) is 5.69 Å². The Labute approximate surface area is 183 Å². The number of aromatic nitrogens is 3. The standard InChI is InChI=1S/C25H30N4O2/c1-18(2)24-17-31-16-23-15-29(28-27-23)13-12-22(25(30)26-24)14-19-8-10-21(11-9-19)20-6-4-3-5-7-20/h3-11,15,18,22,24H,12-14,16-17H2,1-2H3,(H,26,30)/t22-,24+/m1/s1. The second-order valence-corrected chi connectivity index (χ2v) is 8.60. The maximum atomic E-state index is 13.2. The lowest BCUT2D eigenvalue weighted by molar-refractivity contribution is -0.127. The molecule has 0 saturated carbocycles. The number of hydrogen-bond donors (Lipinski definition) is 1. The second kappa shape index (κ2) is 9.88. The van der Waals surface area contributed by atoms with Crippen molar-refractivity contribution in [2.24, 2.45) is 11.8 Å². The third kappa shape index (κ3) is 5.58. The quantitative estimate of drug-likeness (QED) is 0.698. The van der Waals surface area contributed by atoms with Crippen molar-refractivity contribution in [2.45, 2.75) is 45.9 Å². The molecule has 1 amide bonds. The van der Waals surface area contributed by atoms with Gasteiger partial charge < -0.3 is 10.1 Å². The highest BCUT2D eigenvalue weighted by Gasteiger charge is 2.24. The van der Waals surface area contributed by atoms with Crippen LogP contribution in [-0.4, -0.2) is 33.5 Å². The third-order valence-corrected chi connectivity index (χ3v) is 5.89. The molecule has 0 spiro atoms. The Hall–Kier alpha value is -2.99. The average Bonchev–Trinajstić information content (AvgIpc) is 3.24. The van der Waals surface area contributed by atoms with Crippen molar-refractivity contribution in [2.75, 3.05) is 6.61 Å². The molecule has 6 heteroatoms. The van der Waals surface area contributed by atoms with Crippen LogP contribution in [0.2, 0.25) is 0 Å².